The van der Waals surface area contributed by atoms with Crippen LogP contribution in [0.5, 0.6) is 0 Å². The predicted molar refractivity (Wildman–Crippen MR) is 76.6 cm³/mol. The molecule has 0 amide bonds. The molecule has 0 saturated carbocycles. The minimum absolute atomic E-state index is 0.156. The maximum absolute atomic E-state index is 6.25. The van der Waals surface area contributed by atoms with Gasteiger partial charge in [0, 0.05) is 5.33 Å². The second kappa shape index (κ2) is 4.70. The molecule has 2 aliphatic heterocycles. The van der Waals surface area contributed by atoms with Crippen LogP contribution < -0.4 is 0 Å². The van der Waals surface area contributed by atoms with Crippen LogP contribution in [0.2, 0.25) is 0 Å². The van der Waals surface area contributed by atoms with E-state index in [1.807, 2.05) is 0 Å². The van der Waals surface area contributed by atoms with Gasteiger partial charge in [-0.25, -0.2) is 0 Å². The number of fused-ring (bicyclic) bond motifs is 2. The summed E-state index contributed by atoms with van der Waals surface area (Å²) in [6, 6.07) is 0. The Labute approximate surface area is 114 Å². The van der Waals surface area contributed by atoms with Crippen molar-refractivity contribution in [1.29, 1.82) is 0 Å². The van der Waals surface area contributed by atoms with E-state index in [1.165, 1.54) is 31.3 Å². The predicted octanol–water partition coefficient (Wildman–Crippen LogP) is 4.70. The highest BCUT2D eigenvalue weighted by Crippen LogP contribution is 2.59. The Hall–Kier alpha value is 0.180. The molecule has 2 heterocycles. The van der Waals surface area contributed by atoms with E-state index in [0.29, 0.717) is 17.4 Å². The second-order valence-corrected chi connectivity index (χ2v) is 7.22. The largest absolute Gasteiger partial charge is 0.371 e. The maximum atomic E-state index is 6.25. The molecule has 0 aromatic heterocycles. The van der Waals surface area contributed by atoms with Crippen molar-refractivity contribution in [1.82, 2.24) is 0 Å². The van der Waals surface area contributed by atoms with Crippen molar-refractivity contribution in [2.45, 2.75) is 65.1 Å². The van der Waals surface area contributed by atoms with Crippen LogP contribution in [0.1, 0.15) is 53.4 Å². The van der Waals surface area contributed by atoms with Gasteiger partial charge in [-0.3, -0.25) is 0 Å². The molecule has 0 aromatic rings. The van der Waals surface area contributed by atoms with Crippen LogP contribution in [0.4, 0.5) is 0 Å². The highest BCUT2D eigenvalue weighted by molar-refractivity contribution is 9.09. The van der Waals surface area contributed by atoms with Gasteiger partial charge in [0.1, 0.15) is 0 Å². The van der Waals surface area contributed by atoms with Crippen LogP contribution in [-0.4, -0.2) is 17.0 Å². The molecule has 98 valence electrons. The number of halogens is 1. The zero-order chi connectivity index (χ0) is 12.7. The van der Waals surface area contributed by atoms with Crippen LogP contribution in [-0.2, 0) is 4.74 Å². The van der Waals surface area contributed by atoms with Gasteiger partial charge >= 0.3 is 0 Å². The lowest BCUT2D eigenvalue weighted by Crippen LogP contribution is -2.40. The first-order chi connectivity index (χ1) is 7.90. The molecular formula is C15H25BrO. The van der Waals surface area contributed by atoms with Crippen molar-refractivity contribution in [3.8, 4) is 0 Å². The lowest BCUT2D eigenvalue weighted by atomic mass is 9.62. The summed E-state index contributed by atoms with van der Waals surface area (Å²) < 4.78 is 6.25. The average Bonchev–Trinajstić information content (AvgIpc) is 2.69. The van der Waals surface area contributed by atoms with E-state index in [2.05, 4.69) is 49.7 Å². The fourth-order valence-corrected chi connectivity index (χ4v) is 4.49. The molecule has 0 spiro atoms. The number of hydrogen-bond acceptors (Lipinski definition) is 1. The van der Waals surface area contributed by atoms with E-state index >= 15 is 0 Å². The van der Waals surface area contributed by atoms with E-state index < -0.39 is 0 Å². The van der Waals surface area contributed by atoms with Crippen molar-refractivity contribution in [2.24, 2.45) is 11.3 Å². The molecule has 2 bridgehead atoms. The number of allylic oxidation sites excluding steroid dienone is 2. The molecule has 0 aromatic carbocycles. The van der Waals surface area contributed by atoms with Gasteiger partial charge in [-0.1, -0.05) is 41.4 Å². The van der Waals surface area contributed by atoms with Crippen LogP contribution in [0.3, 0.4) is 0 Å². The summed E-state index contributed by atoms with van der Waals surface area (Å²) in [5, 5.41) is 0.975. The fourth-order valence-electron chi connectivity index (χ4n) is 3.94. The molecule has 0 radical (unpaired) electrons. The highest BCUT2D eigenvalue weighted by Gasteiger charge is 2.60. The number of rotatable bonds is 4. The quantitative estimate of drug-likeness (QED) is 0.540. The first-order valence-electron chi connectivity index (χ1n) is 6.79. The van der Waals surface area contributed by atoms with Crippen molar-refractivity contribution in [3.05, 3.63) is 11.6 Å². The molecule has 2 heteroatoms. The molecule has 0 N–H and O–H groups in total. The maximum Gasteiger partial charge on any atom is 0.0693 e. The molecule has 0 unspecified atom stereocenters. The number of hydrogen-bond donors (Lipinski definition) is 0. The molecule has 1 nitrogen and oxygen atoms in total. The molecule has 2 saturated heterocycles. The van der Waals surface area contributed by atoms with Gasteiger partial charge in [0.25, 0.3) is 0 Å². The smallest absolute Gasteiger partial charge is 0.0693 e. The second-order valence-electron chi connectivity index (χ2n) is 6.58. The highest BCUT2D eigenvalue weighted by atomic mass is 79.9. The Morgan fingerprint density at radius 2 is 2.12 bits per heavy atom. The van der Waals surface area contributed by atoms with Gasteiger partial charge in [-0.05, 0) is 50.9 Å². The monoisotopic (exact) mass is 300 g/mol. The molecule has 2 rings (SSSR count). The lowest BCUT2D eigenvalue weighted by molar-refractivity contribution is 0.00470. The standard InChI is InChI=1S/C15H25BrO/c1-11(8-10-16)5-6-12-14(2,3)13-7-9-15(12,4)17-13/h8,12-13H,5-7,9-10H2,1-4H3/b11-8+/t12-,13-,15+/m0/s1. The molecule has 17 heavy (non-hydrogen) atoms. The molecule has 2 fully saturated rings. The first-order valence-corrected chi connectivity index (χ1v) is 7.92. The minimum atomic E-state index is 0.156. The lowest BCUT2D eigenvalue weighted by Gasteiger charge is -2.39. The summed E-state index contributed by atoms with van der Waals surface area (Å²) in [5.74, 6) is 0.715. The molecule has 3 atom stereocenters. The third kappa shape index (κ3) is 2.35. The Kier molecular flexibility index (Phi) is 3.76. The normalized spacial score (nSPS) is 39.9. The summed E-state index contributed by atoms with van der Waals surface area (Å²) in [6.07, 6.45) is 7.78. The fraction of sp³-hybridized carbons (Fsp3) is 0.867. The van der Waals surface area contributed by atoms with Gasteiger partial charge in [0.05, 0.1) is 11.7 Å². The Bertz CT molecular complexity index is 316. The van der Waals surface area contributed by atoms with Crippen LogP contribution in [0, 0.1) is 11.3 Å². The summed E-state index contributed by atoms with van der Waals surface area (Å²) in [6.45, 7) is 9.37. The van der Waals surface area contributed by atoms with E-state index in [4.69, 9.17) is 4.74 Å². The van der Waals surface area contributed by atoms with Gasteiger partial charge in [-0.2, -0.15) is 0 Å². The van der Waals surface area contributed by atoms with E-state index in [-0.39, 0.29) is 5.60 Å². The minimum Gasteiger partial charge on any atom is -0.371 e. The SMILES string of the molecule is C/C(=C\CBr)CC[C@H]1C(C)(C)[C@@H]2CC[C@@]1(C)O2. The van der Waals surface area contributed by atoms with Gasteiger partial charge in [-0.15, -0.1) is 0 Å². The zero-order valence-electron chi connectivity index (χ0n) is 11.6. The van der Waals surface area contributed by atoms with Crippen molar-refractivity contribution in [3.63, 3.8) is 0 Å². The number of ether oxygens (including phenoxy) is 1. The molecular weight excluding hydrogens is 276 g/mol. The topological polar surface area (TPSA) is 9.23 Å². The summed E-state index contributed by atoms with van der Waals surface area (Å²) in [7, 11) is 0. The van der Waals surface area contributed by atoms with Crippen LogP contribution in [0.15, 0.2) is 11.6 Å². The summed E-state index contributed by atoms with van der Waals surface area (Å²) in [4.78, 5) is 0. The van der Waals surface area contributed by atoms with Crippen molar-refractivity contribution in [2.75, 3.05) is 5.33 Å². The zero-order valence-corrected chi connectivity index (χ0v) is 13.1. The van der Waals surface area contributed by atoms with Crippen molar-refractivity contribution < 1.29 is 4.74 Å². The van der Waals surface area contributed by atoms with E-state index in [1.54, 1.807) is 0 Å². The average molecular weight is 301 g/mol. The van der Waals surface area contributed by atoms with Gasteiger partial charge < -0.3 is 4.74 Å². The number of alkyl halides is 1. The van der Waals surface area contributed by atoms with E-state index in [9.17, 15) is 0 Å². The Morgan fingerprint density at radius 3 is 2.65 bits per heavy atom. The Balaban J connectivity index is 2.03. The van der Waals surface area contributed by atoms with Gasteiger partial charge in [0.2, 0.25) is 0 Å². The third-order valence-electron chi connectivity index (χ3n) is 5.03. The molecule has 2 aliphatic rings. The van der Waals surface area contributed by atoms with Crippen LogP contribution >= 0.6 is 15.9 Å². The van der Waals surface area contributed by atoms with E-state index in [0.717, 1.165) is 5.33 Å². The summed E-state index contributed by atoms with van der Waals surface area (Å²) in [5.41, 5.74) is 2.02. The van der Waals surface area contributed by atoms with Gasteiger partial charge in [0.15, 0.2) is 0 Å². The van der Waals surface area contributed by atoms with Crippen molar-refractivity contribution >= 4 is 15.9 Å². The third-order valence-corrected chi connectivity index (χ3v) is 5.36. The summed E-state index contributed by atoms with van der Waals surface area (Å²) >= 11 is 3.47. The Morgan fingerprint density at radius 1 is 1.41 bits per heavy atom. The first kappa shape index (κ1) is 13.6. The molecule has 0 aliphatic carbocycles. The van der Waals surface area contributed by atoms with Crippen LogP contribution in [0.25, 0.3) is 0 Å².